The zero-order chi connectivity index (χ0) is 16.9. The minimum Gasteiger partial charge on any atom is -0.328 e. The molecular weight excluding hydrogens is 314 g/mol. The Bertz CT molecular complexity index is 638. The van der Waals surface area contributed by atoms with Crippen molar-refractivity contribution in [3.05, 3.63) is 24.3 Å². The van der Waals surface area contributed by atoms with E-state index in [-0.39, 0.29) is 16.8 Å². The Hall–Kier alpha value is -1.44. The molecule has 0 spiro atoms. The smallest absolute Gasteiger partial charge is 0.243 e. The summed E-state index contributed by atoms with van der Waals surface area (Å²) in [5, 5.41) is 2.74. The van der Waals surface area contributed by atoms with E-state index in [4.69, 9.17) is 5.73 Å². The van der Waals surface area contributed by atoms with Crippen molar-refractivity contribution in [3.8, 4) is 0 Å². The predicted octanol–water partition coefficient (Wildman–Crippen LogP) is 1.93. The van der Waals surface area contributed by atoms with Gasteiger partial charge in [0, 0.05) is 31.2 Å². The molecule has 2 rings (SSSR count). The summed E-state index contributed by atoms with van der Waals surface area (Å²) in [6, 6.07) is 6.40. The number of carbonyl (C=O) groups excluding carboxylic acids is 1. The molecule has 0 aliphatic carbocycles. The van der Waals surface area contributed by atoms with Crippen LogP contribution in [0.1, 0.15) is 39.0 Å². The highest BCUT2D eigenvalue weighted by atomic mass is 32.2. The molecule has 1 amide bonds. The topological polar surface area (TPSA) is 92.5 Å². The van der Waals surface area contributed by atoms with Crippen molar-refractivity contribution >= 4 is 21.6 Å². The lowest BCUT2D eigenvalue weighted by Gasteiger charge is -2.26. The lowest BCUT2D eigenvalue weighted by Crippen LogP contribution is -2.35. The molecule has 1 aliphatic heterocycles. The second-order valence-electron chi connectivity index (χ2n) is 6.06. The van der Waals surface area contributed by atoms with E-state index in [1.54, 1.807) is 18.2 Å². The second-order valence-corrected chi connectivity index (χ2v) is 7.99. The van der Waals surface area contributed by atoms with Crippen LogP contribution < -0.4 is 11.1 Å². The normalized spacial score (nSPS) is 17.7. The second kappa shape index (κ2) is 7.90. The SMILES string of the molecule is CC(N)CCC(=O)Nc1cccc(S(=O)(=O)N2CCCCC2)c1. The number of rotatable bonds is 6. The minimum absolute atomic E-state index is 0.0356. The molecule has 128 valence electrons. The van der Waals surface area contributed by atoms with Crippen LogP contribution in [0.4, 0.5) is 5.69 Å². The monoisotopic (exact) mass is 339 g/mol. The van der Waals surface area contributed by atoms with Gasteiger partial charge in [-0.2, -0.15) is 4.31 Å². The van der Waals surface area contributed by atoms with Crippen LogP contribution in [0.25, 0.3) is 0 Å². The van der Waals surface area contributed by atoms with Crippen LogP contribution in [-0.2, 0) is 14.8 Å². The first-order valence-electron chi connectivity index (χ1n) is 8.05. The first-order chi connectivity index (χ1) is 10.9. The zero-order valence-electron chi connectivity index (χ0n) is 13.5. The quantitative estimate of drug-likeness (QED) is 0.828. The molecule has 1 unspecified atom stereocenters. The predicted molar refractivity (Wildman–Crippen MR) is 90.6 cm³/mol. The van der Waals surface area contributed by atoms with E-state index < -0.39 is 10.0 Å². The standard InChI is InChI=1S/C16H25N3O3S/c1-13(17)8-9-16(20)18-14-6-5-7-15(12-14)23(21,22)19-10-3-2-4-11-19/h5-7,12-13H,2-4,8-11,17H2,1H3,(H,18,20). The maximum absolute atomic E-state index is 12.6. The number of nitrogens with one attached hydrogen (secondary N) is 1. The van der Waals surface area contributed by atoms with Crippen LogP contribution in [0.2, 0.25) is 0 Å². The molecule has 1 aromatic carbocycles. The van der Waals surface area contributed by atoms with Gasteiger partial charge in [0.25, 0.3) is 0 Å². The van der Waals surface area contributed by atoms with Gasteiger partial charge in [-0.05, 0) is 44.4 Å². The van der Waals surface area contributed by atoms with Gasteiger partial charge in [0.05, 0.1) is 4.90 Å². The maximum atomic E-state index is 12.6. The third-order valence-corrected chi connectivity index (χ3v) is 5.79. The van der Waals surface area contributed by atoms with E-state index >= 15 is 0 Å². The Kier molecular flexibility index (Phi) is 6.15. The largest absolute Gasteiger partial charge is 0.328 e. The van der Waals surface area contributed by atoms with Crippen molar-refractivity contribution in [2.75, 3.05) is 18.4 Å². The number of amides is 1. The summed E-state index contributed by atoms with van der Waals surface area (Å²) < 4.78 is 26.8. The molecule has 1 aliphatic rings. The van der Waals surface area contributed by atoms with Gasteiger partial charge in [-0.25, -0.2) is 8.42 Å². The lowest BCUT2D eigenvalue weighted by atomic mass is 10.2. The number of sulfonamides is 1. The summed E-state index contributed by atoms with van der Waals surface area (Å²) >= 11 is 0. The first kappa shape index (κ1) is 17.9. The Morgan fingerprint density at radius 2 is 2.00 bits per heavy atom. The van der Waals surface area contributed by atoms with Crippen LogP contribution in [0.5, 0.6) is 0 Å². The number of anilines is 1. The van der Waals surface area contributed by atoms with Gasteiger partial charge >= 0.3 is 0 Å². The molecule has 0 saturated carbocycles. The molecule has 0 radical (unpaired) electrons. The third kappa shape index (κ3) is 5.02. The summed E-state index contributed by atoms with van der Waals surface area (Å²) in [7, 11) is -3.48. The average Bonchev–Trinajstić information content (AvgIpc) is 2.54. The van der Waals surface area contributed by atoms with E-state index in [1.165, 1.54) is 10.4 Å². The van der Waals surface area contributed by atoms with Gasteiger partial charge in [-0.3, -0.25) is 4.79 Å². The molecule has 0 bridgehead atoms. The fourth-order valence-electron chi connectivity index (χ4n) is 2.57. The fourth-order valence-corrected chi connectivity index (χ4v) is 4.13. The Balaban J connectivity index is 2.08. The lowest BCUT2D eigenvalue weighted by molar-refractivity contribution is -0.116. The average molecular weight is 339 g/mol. The number of carbonyl (C=O) groups is 1. The number of piperidine rings is 1. The van der Waals surface area contributed by atoms with Gasteiger partial charge in [0.1, 0.15) is 0 Å². The van der Waals surface area contributed by atoms with Crippen LogP contribution in [-0.4, -0.2) is 37.8 Å². The summed E-state index contributed by atoms with van der Waals surface area (Å²) in [6.07, 6.45) is 3.78. The summed E-state index contributed by atoms with van der Waals surface area (Å²) in [5.74, 6) is -0.158. The molecule has 1 fully saturated rings. The number of hydrogen-bond donors (Lipinski definition) is 2. The van der Waals surface area contributed by atoms with Crippen molar-refractivity contribution in [3.63, 3.8) is 0 Å². The molecule has 6 nitrogen and oxygen atoms in total. The van der Waals surface area contributed by atoms with Crippen molar-refractivity contribution in [1.82, 2.24) is 4.31 Å². The van der Waals surface area contributed by atoms with Gasteiger partial charge in [0.2, 0.25) is 15.9 Å². The summed E-state index contributed by atoms with van der Waals surface area (Å²) in [4.78, 5) is 12.1. The maximum Gasteiger partial charge on any atom is 0.243 e. The number of hydrogen-bond acceptors (Lipinski definition) is 4. The van der Waals surface area contributed by atoms with Crippen LogP contribution in [0.3, 0.4) is 0 Å². The minimum atomic E-state index is -3.48. The van der Waals surface area contributed by atoms with Gasteiger partial charge in [-0.15, -0.1) is 0 Å². The molecule has 1 heterocycles. The first-order valence-corrected chi connectivity index (χ1v) is 9.49. The van der Waals surface area contributed by atoms with Gasteiger partial charge in [-0.1, -0.05) is 12.5 Å². The van der Waals surface area contributed by atoms with Crippen molar-refractivity contribution in [1.29, 1.82) is 0 Å². The van der Waals surface area contributed by atoms with Gasteiger partial charge < -0.3 is 11.1 Å². The highest BCUT2D eigenvalue weighted by Gasteiger charge is 2.26. The molecule has 3 N–H and O–H groups in total. The van der Waals surface area contributed by atoms with E-state index in [9.17, 15) is 13.2 Å². The van der Waals surface area contributed by atoms with Crippen LogP contribution in [0.15, 0.2) is 29.2 Å². The van der Waals surface area contributed by atoms with E-state index in [0.717, 1.165) is 19.3 Å². The highest BCUT2D eigenvalue weighted by molar-refractivity contribution is 7.89. The van der Waals surface area contributed by atoms with Crippen LogP contribution in [0, 0.1) is 0 Å². The summed E-state index contributed by atoms with van der Waals surface area (Å²) in [6.45, 7) is 2.97. The number of benzene rings is 1. The summed E-state index contributed by atoms with van der Waals surface area (Å²) in [5.41, 5.74) is 6.13. The Labute approximate surface area is 138 Å². The molecular formula is C16H25N3O3S. The molecule has 1 saturated heterocycles. The van der Waals surface area contributed by atoms with E-state index in [0.29, 0.717) is 31.6 Å². The molecule has 23 heavy (non-hydrogen) atoms. The van der Waals surface area contributed by atoms with Crippen molar-refractivity contribution < 1.29 is 13.2 Å². The molecule has 0 aromatic heterocycles. The van der Waals surface area contributed by atoms with Gasteiger partial charge in [0.15, 0.2) is 0 Å². The molecule has 7 heteroatoms. The van der Waals surface area contributed by atoms with Crippen molar-refractivity contribution in [2.45, 2.75) is 50.0 Å². The van der Waals surface area contributed by atoms with Crippen molar-refractivity contribution in [2.24, 2.45) is 5.73 Å². The Morgan fingerprint density at radius 3 is 2.65 bits per heavy atom. The Morgan fingerprint density at radius 1 is 1.30 bits per heavy atom. The zero-order valence-corrected chi connectivity index (χ0v) is 14.3. The molecule has 1 aromatic rings. The fraction of sp³-hybridized carbons (Fsp3) is 0.562. The number of nitrogens with zero attached hydrogens (tertiary/aromatic N) is 1. The third-order valence-electron chi connectivity index (χ3n) is 3.90. The van der Waals surface area contributed by atoms with E-state index in [1.807, 2.05) is 6.92 Å². The van der Waals surface area contributed by atoms with E-state index in [2.05, 4.69) is 5.32 Å². The number of nitrogens with two attached hydrogens (primary N) is 1. The molecule has 1 atom stereocenters. The highest BCUT2D eigenvalue weighted by Crippen LogP contribution is 2.23. The van der Waals surface area contributed by atoms with Crippen LogP contribution >= 0.6 is 0 Å².